The molecule has 0 spiro atoms. The maximum absolute atomic E-state index is 11.0. The molecule has 2 heterocycles. The molecule has 0 radical (unpaired) electrons. The number of carbonyl (C=O) groups is 1. The number of carbonyl (C=O) groups excluding carboxylic acids is 1. The molecule has 1 aromatic rings. The van der Waals surface area contributed by atoms with E-state index in [9.17, 15) is 4.79 Å². The number of nitrogens with zero attached hydrogens (tertiary/aromatic N) is 3. The fourth-order valence-corrected chi connectivity index (χ4v) is 3.01. The number of piperazine rings is 1. The molecule has 0 N–H and O–H groups in total. The van der Waals surface area contributed by atoms with Crippen LogP contribution in [0.25, 0.3) is 0 Å². The van der Waals surface area contributed by atoms with Gasteiger partial charge in [-0.05, 0) is 6.54 Å². The molecule has 0 saturated carbocycles. The van der Waals surface area contributed by atoms with Crippen LogP contribution in [0.5, 0.6) is 0 Å². The largest absolute Gasteiger partial charge is 0.378 e. The number of hydrogen-bond acceptors (Lipinski definition) is 6. The van der Waals surface area contributed by atoms with Crippen molar-refractivity contribution in [1.29, 1.82) is 0 Å². The lowest BCUT2D eigenvalue weighted by Crippen LogP contribution is -2.46. The summed E-state index contributed by atoms with van der Waals surface area (Å²) in [5.41, 5.74) is 0.755. The molecule has 18 heavy (non-hydrogen) atoms. The van der Waals surface area contributed by atoms with Gasteiger partial charge in [0.2, 0.25) is 0 Å². The zero-order valence-electron chi connectivity index (χ0n) is 10.9. The second-order valence-corrected chi connectivity index (χ2v) is 5.29. The van der Waals surface area contributed by atoms with Gasteiger partial charge in [-0.3, -0.25) is 4.79 Å². The molecule has 0 amide bonds. The van der Waals surface area contributed by atoms with Crippen molar-refractivity contribution < 1.29 is 9.53 Å². The van der Waals surface area contributed by atoms with Gasteiger partial charge in [0.25, 0.3) is 0 Å². The third kappa shape index (κ3) is 2.88. The molecule has 6 heteroatoms. The predicted octanol–water partition coefficient (Wildman–Crippen LogP) is 1.24. The zero-order chi connectivity index (χ0) is 13.0. The molecule has 0 bridgehead atoms. The van der Waals surface area contributed by atoms with Gasteiger partial charge in [0, 0.05) is 33.3 Å². The van der Waals surface area contributed by atoms with Crippen LogP contribution in [-0.2, 0) is 11.3 Å². The topological polar surface area (TPSA) is 45.7 Å². The van der Waals surface area contributed by atoms with Crippen LogP contribution in [0.15, 0.2) is 0 Å². The Hall–Kier alpha value is -0.980. The summed E-state index contributed by atoms with van der Waals surface area (Å²) in [6, 6.07) is 0. The van der Waals surface area contributed by atoms with Crippen molar-refractivity contribution in [2.24, 2.45) is 0 Å². The molecule has 1 fully saturated rings. The number of likely N-dealkylation sites (N-methyl/N-ethyl adjacent to an activating group) is 1. The summed E-state index contributed by atoms with van der Waals surface area (Å²) in [4.78, 5) is 20.9. The van der Waals surface area contributed by atoms with E-state index < -0.39 is 0 Å². The number of ether oxygens (including phenoxy) is 1. The van der Waals surface area contributed by atoms with Gasteiger partial charge in [0.15, 0.2) is 11.4 Å². The van der Waals surface area contributed by atoms with E-state index in [4.69, 9.17) is 4.74 Å². The number of anilines is 1. The third-order valence-corrected chi connectivity index (χ3v) is 4.28. The maximum atomic E-state index is 11.0. The molecule has 100 valence electrons. The number of rotatable bonds is 5. The fraction of sp³-hybridized carbons (Fsp3) is 0.667. The third-order valence-electron chi connectivity index (χ3n) is 3.19. The van der Waals surface area contributed by atoms with E-state index in [2.05, 4.69) is 21.7 Å². The molecule has 1 aromatic heterocycles. The number of methoxy groups -OCH3 is 1. The van der Waals surface area contributed by atoms with Crippen molar-refractivity contribution in [2.45, 2.75) is 13.5 Å². The lowest BCUT2D eigenvalue weighted by molar-refractivity contribution is 0.112. The number of aromatic nitrogens is 1. The van der Waals surface area contributed by atoms with Crippen molar-refractivity contribution in [3.05, 3.63) is 10.6 Å². The summed E-state index contributed by atoms with van der Waals surface area (Å²) in [5, 5.41) is 0.944. The molecular formula is C12H19N3O2S. The molecule has 0 aromatic carbocycles. The summed E-state index contributed by atoms with van der Waals surface area (Å²) in [6.07, 6.45) is 0.873. The van der Waals surface area contributed by atoms with Crippen molar-refractivity contribution in [2.75, 3.05) is 44.7 Å². The van der Waals surface area contributed by atoms with Crippen molar-refractivity contribution in [1.82, 2.24) is 9.88 Å². The highest BCUT2D eigenvalue weighted by Crippen LogP contribution is 2.26. The molecule has 0 unspecified atom stereocenters. The van der Waals surface area contributed by atoms with Gasteiger partial charge in [0.05, 0.1) is 17.2 Å². The van der Waals surface area contributed by atoms with E-state index in [1.54, 1.807) is 7.11 Å². The van der Waals surface area contributed by atoms with Crippen molar-refractivity contribution in [3.63, 3.8) is 0 Å². The van der Waals surface area contributed by atoms with Crippen LogP contribution in [0.4, 0.5) is 5.13 Å². The van der Waals surface area contributed by atoms with E-state index in [-0.39, 0.29) is 0 Å². The van der Waals surface area contributed by atoms with Gasteiger partial charge in [0.1, 0.15) is 0 Å². The Morgan fingerprint density at radius 3 is 2.67 bits per heavy atom. The molecule has 1 saturated heterocycles. The quantitative estimate of drug-likeness (QED) is 0.753. The molecule has 1 aliphatic heterocycles. The minimum atomic E-state index is 0.402. The highest BCUT2D eigenvalue weighted by atomic mass is 32.1. The first-order chi connectivity index (χ1) is 8.78. The Morgan fingerprint density at radius 1 is 1.39 bits per heavy atom. The number of hydrogen-bond donors (Lipinski definition) is 0. The number of thiazole rings is 1. The monoisotopic (exact) mass is 269 g/mol. The minimum Gasteiger partial charge on any atom is -0.378 e. The summed E-state index contributed by atoms with van der Waals surface area (Å²) in [6.45, 7) is 7.76. The van der Waals surface area contributed by atoms with Crippen LogP contribution in [-0.4, -0.2) is 56.0 Å². The normalized spacial score (nSPS) is 17.1. The summed E-state index contributed by atoms with van der Waals surface area (Å²) < 4.78 is 5.06. The predicted molar refractivity (Wildman–Crippen MR) is 72.5 cm³/mol. The van der Waals surface area contributed by atoms with E-state index in [0.717, 1.165) is 49.8 Å². The summed E-state index contributed by atoms with van der Waals surface area (Å²) >= 11 is 1.46. The first-order valence-corrected chi connectivity index (χ1v) is 7.01. The second kappa shape index (κ2) is 6.26. The van der Waals surface area contributed by atoms with Crippen LogP contribution in [0.1, 0.15) is 22.3 Å². The highest BCUT2D eigenvalue weighted by molar-refractivity contribution is 7.17. The van der Waals surface area contributed by atoms with Crippen LogP contribution < -0.4 is 4.90 Å². The lowest BCUT2D eigenvalue weighted by Gasteiger charge is -2.33. The van der Waals surface area contributed by atoms with Crippen LogP contribution in [0.3, 0.4) is 0 Å². The molecular weight excluding hydrogens is 250 g/mol. The average molecular weight is 269 g/mol. The molecule has 0 atom stereocenters. The Bertz CT molecular complexity index is 400. The maximum Gasteiger partial charge on any atom is 0.186 e. The number of aldehydes is 1. The van der Waals surface area contributed by atoms with Gasteiger partial charge < -0.3 is 14.5 Å². The molecule has 1 aliphatic rings. The Kier molecular flexibility index (Phi) is 4.68. The van der Waals surface area contributed by atoms with Crippen molar-refractivity contribution >= 4 is 22.8 Å². The van der Waals surface area contributed by atoms with Crippen LogP contribution in [0, 0.1) is 0 Å². The van der Waals surface area contributed by atoms with E-state index in [1.165, 1.54) is 11.3 Å². The van der Waals surface area contributed by atoms with Gasteiger partial charge in [-0.25, -0.2) is 4.98 Å². The SMILES string of the molecule is CCN1CCN(c2nc(COC)c(C=O)s2)CC1. The lowest BCUT2D eigenvalue weighted by atomic mass is 10.3. The van der Waals surface area contributed by atoms with Crippen LogP contribution in [0.2, 0.25) is 0 Å². The van der Waals surface area contributed by atoms with Crippen LogP contribution >= 0.6 is 11.3 Å². The van der Waals surface area contributed by atoms with Gasteiger partial charge >= 0.3 is 0 Å². The summed E-state index contributed by atoms with van der Waals surface area (Å²) in [7, 11) is 1.62. The Balaban J connectivity index is 2.07. The minimum absolute atomic E-state index is 0.402. The first-order valence-electron chi connectivity index (χ1n) is 6.19. The second-order valence-electron chi connectivity index (χ2n) is 4.28. The van der Waals surface area contributed by atoms with E-state index >= 15 is 0 Å². The molecule has 5 nitrogen and oxygen atoms in total. The first kappa shape index (κ1) is 13.5. The average Bonchev–Trinajstić information content (AvgIpc) is 2.82. The fourth-order valence-electron chi connectivity index (χ4n) is 2.07. The summed E-state index contributed by atoms with van der Waals surface area (Å²) in [5.74, 6) is 0. The Morgan fingerprint density at radius 2 is 2.11 bits per heavy atom. The van der Waals surface area contributed by atoms with Gasteiger partial charge in [-0.2, -0.15) is 0 Å². The Labute approximate surface area is 111 Å². The van der Waals surface area contributed by atoms with Crippen molar-refractivity contribution in [3.8, 4) is 0 Å². The smallest absolute Gasteiger partial charge is 0.186 e. The molecule has 0 aliphatic carbocycles. The van der Waals surface area contributed by atoms with E-state index in [0.29, 0.717) is 11.5 Å². The zero-order valence-corrected chi connectivity index (χ0v) is 11.7. The standard InChI is InChI=1S/C12H19N3O2S/c1-3-14-4-6-15(7-5-14)12-13-10(9-17-2)11(8-16)18-12/h8H,3-7,9H2,1-2H3. The molecule has 2 rings (SSSR count). The van der Waals surface area contributed by atoms with Gasteiger partial charge in [-0.1, -0.05) is 18.3 Å². The van der Waals surface area contributed by atoms with E-state index in [1.807, 2.05) is 0 Å². The highest BCUT2D eigenvalue weighted by Gasteiger charge is 2.20. The van der Waals surface area contributed by atoms with Gasteiger partial charge in [-0.15, -0.1) is 0 Å².